The van der Waals surface area contributed by atoms with Gasteiger partial charge in [-0.1, -0.05) is 18.9 Å². The molecule has 0 saturated heterocycles. The van der Waals surface area contributed by atoms with Crippen LogP contribution >= 0.6 is 0 Å². The van der Waals surface area contributed by atoms with Crippen molar-refractivity contribution in [1.82, 2.24) is 4.31 Å². The highest BCUT2D eigenvalue weighted by Crippen LogP contribution is 2.30. The van der Waals surface area contributed by atoms with Crippen molar-refractivity contribution < 1.29 is 12.8 Å². The first-order chi connectivity index (χ1) is 8.44. The molecule has 0 atom stereocenters. The summed E-state index contributed by atoms with van der Waals surface area (Å²) in [5.74, 6) is -0.698. The fourth-order valence-corrected chi connectivity index (χ4v) is 3.90. The summed E-state index contributed by atoms with van der Waals surface area (Å²) in [5, 5.41) is 0. The van der Waals surface area contributed by atoms with E-state index in [2.05, 4.69) is 0 Å². The number of benzene rings is 1. The third-order valence-electron chi connectivity index (χ3n) is 3.51. The molecule has 4 nitrogen and oxygen atoms in total. The Balaban J connectivity index is 2.38. The molecule has 0 heterocycles. The standard InChI is InChI=1S/C12H17FN2O2S/c1-15(9-5-2-3-6-9)18(16,17)11-8-4-7-10(13)12(11)14/h4,7-9H,2-3,5-6,14H2,1H3. The topological polar surface area (TPSA) is 63.4 Å². The van der Waals surface area contributed by atoms with E-state index in [0.29, 0.717) is 0 Å². The predicted octanol–water partition coefficient (Wildman–Crippen LogP) is 1.97. The Labute approximate surface area is 107 Å². The average molecular weight is 272 g/mol. The zero-order valence-corrected chi connectivity index (χ0v) is 11.1. The minimum atomic E-state index is -3.71. The van der Waals surface area contributed by atoms with Crippen LogP contribution < -0.4 is 5.73 Å². The first-order valence-electron chi connectivity index (χ1n) is 5.96. The molecule has 2 rings (SSSR count). The molecule has 6 heteroatoms. The first-order valence-corrected chi connectivity index (χ1v) is 7.40. The van der Waals surface area contributed by atoms with Crippen LogP contribution in [0.3, 0.4) is 0 Å². The smallest absolute Gasteiger partial charge is 0.245 e. The van der Waals surface area contributed by atoms with E-state index < -0.39 is 15.8 Å². The lowest BCUT2D eigenvalue weighted by Crippen LogP contribution is -2.35. The van der Waals surface area contributed by atoms with Crippen LogP contribution in [0.4, 0.5) is 10.1 Å². The molecular formula is C12H17FN2O2S. The third kappa shape index (κ3) is 2.22. The molecule has 1 aromatic carbocycles. The van der Waals surface area contributed by atoms with Gasteiger partial charge in [-0.3, -0.25) is 0 Å². The van der Waals surface area contributed by atoms with Crippen molar-refractivity contribution >= 4 is 15.7 Å². The Kier molecular flexibility index (Phi) is 3.59. The molecule has 18 heavy (non-hydrogen) atoms. The van der Waals surface area contributed by atoms with Gasteiger partial charge in [0, 0.05) is 13.1 Å². The largest absolute Gasteiger partial charge is 0.395 e. The lowest BCUT2D eigenvalue weighted by Gasteiger charge is -2.24. The summed E-state index contributed by atoms with van der Waals surface area (Å²) in [6, 6.07) is 3.86. The van der Waals surface area contributed by atoms with E-state index in [-0.39, 0.29) is 16.6 Å². The minimum absolute atomic E-state index is 0.00216. The van der Waals surface area contributed by atoms with Gasteiger partial charge in [0.2, 0.25) is 10.0 Å². The summed E-state index contributed by atoms with van der Waals surface area (Å²) < 4.78 is 39.4. The number of nitrogens with zero attached hydrogens (tertiary/aromatic N) is 1. The zero-order chi connectivity index (χ0) is 13.3. The van der Waals surface area contributed by atoms with E-state index in [0.717, 1.165) is 31.7 Å². The van der Waals surface area contributed by atoms with Gasteiger partial charge in [-0.05, 0) is 25.0 Å². The van der Waals surface area contributed by atoms with Crippen LogP contribution in [0.2, 0.25) is 0 Å². The van der Waals surface area contributed by atoms with Crippen LogP contribution in [0.5, 0.6) is 0 Å². The molecule has 1 saturated carbocycles. The lowest BCUT2D eigenvalue weighted by atomic mass is 10.3. The van der Waals surface area contributed by atoms with Crippen molar-refractivity contribution in [2.45, 2.75) is 36.6 Å². The van der Waals surface area contributed by atoms with Crippen LogP contribution in [-0.2, 0) is 10.0 Å². The van der Waals surface area contributed by atoms with Crippen molar-refractivity contribution in [3.8, 4) is 0 Å². The van der Waals surface area contributed by atoms with E-state index in [1.54, 1.807) is 0 Å². The molecule has 0 aromatic heterocycles. The Morgan fingerprint density at radius 1 is 1.33 bits per heavy atom. The Morgan fingerprint density at radius 3 is 2.56 bits per heavy atom. The van der Waals surface area contributed by atoms with Gasteiger partial charge in [0.25, 0.3) is 0 Å². The molecule has 0 amide bonds. The van der Waals surface area contributed by atoms with Gasteiger partial charge in [-0.2, -0.15) is 4.31 Å². The quantitative estimate of drug-likeness (QED) is 0.856. The summed E-state index contributed by atoms with van der Waals surface area (Å²) in [5.41, 5.74) is 5.22. The molecule has 0 aliphatic heterocycles. The van der Waals surface area contributed by atoms with Crippen LogP contribution in [0, 0.1) is 5.82 Å². The second-order valence-corrected chi connectivity index (χ2v) is 6.58. The summed E-state index contributed by atoms with van der Waals surface area (Å²) in [4.78, 5) is -0.142. The van der Waals surface area contributed by atoms with Gasteiger partial charge in [0.15, 0.2) is 0 Å². The van der Waals surface area contributed by atoms with Crippen LogP contribution in [0.1, 0.15) is 25.7 Å². The van der Waals surface area contributed by atoms with E-state index in [1.807, 2.05) is 0 Å². The number of nitrogens with two attached hydrogens (primary N) is 1. The van der Waals surface area contributed by atoms with Gasteiger partial charge in [-0.25, -0.2) is 12.8 Å². The zero-order valence-electron chi connectivity index (χ0n) is 10.3. The second kappa shape index (κ2) is 4.85. The first kappa shape index (κ1) is 13.3. The van der Waals surface area contributed by atoms with Crippen LogP contribution in [-0.4, -0.2) is 25.8 Å². The van der Waals surface area contributed by atoms with Gasteiger partial charge in [0.05, 0.1) is 5.69 Å². The number of hydrogen-bond acceptors (Lipinski definition) is 3. The van der Waals surface area contributed by atoms with Crippen molar-refractivity contribution in [2.24, 2.45) is 0 Å². The molecule has 1 aromatic rings. The fraction of sp³-hybridized carbons (Fsp3) is 0.500. The summed E-state index contributed by atoms with van der Waals surface area (Å²) in [6.45, 7) is 0. The highest BCUT2D eigenvalue weighted by atomic mass is 32.2. The Bertz CT molecular complexity index is 539. The summed E-state index contributed by atoms with van der Waals surface area (Å²) >= 11 is 0. The van der Waals surface area contributed by atoms with E-state index in [9.17, 15) is 12.8 Å². The number of hydrogen-bond donors (Lipinski definition) is 1. The maximum atomic E-state index is 13.3. The molecule has 0 bridgehead atoms. The Morgan fingerprint density at radius 2 is 1.94 bits per heavy atom. The fourth-order valence-electron chi connectivity index (χ4n) is 2.36. The van der Waals surface area contributed by atoms with Gasteiger partial charge in [-0.15, -0.1) is 0 Å². The van der Waals surface area contributed by atoms with Crippen molar-refractivity contribution in [1.29, 1.82) is 0 Å². The Hall–Kier alpha value is -1.14. The molecule has 0 radical (unpaired) electrons. The highest BCUT2D eigenvalue weighted by molar-refractivity contribution is 7.89. The molecule has 2 N–H and O–H groups in total. The maximum Gasteiger partial charge on any atom is 0.245 e. The molecule has 1 fully saturated rings. The predicted molar refractivity (Wildman–Crippen MR) is 68.0 cm³/mol. The maximum absolute atomic E-state index is 13.3. The second-order valence-electron chi connectivity index (χ2n) is 4.61. The number of anilines is 1. The normalized spacial score (nSPS) is 17.5. The van der Waals surface area contributed by atoms with Gasteiger partial charge >= 0.3 is 0 Å². The molecule has 0 unspecified atom stereocenters. The molecule has 0 spiro atoms. The van der Waals surface area contributed by atoms with E-state index in [1.165, 1.54) is 23.5 Å². The number of sulfonamides is 1. The summed E-state index contributed by atoms with van der Waals surface area (Å²) in [7, 11) is -2.17. The van der Waals surface area contributed by atoms with Gasteiger partial charge < -0.3 is 5.73 Å². The van der Waals surface area contributed by atoms with E-state index >= 15 is 0 Å². The molecule has 100 valence electrons. The number of para-hydroxylation sites is 1. The van der Waals surface area contributed by atoms with E-state index in [4.69, 9.17) is 5.73 Å². The SMILES string of the molecule is CN(C1CCCC1)S(=O)(=O)c1cccc(F)c1N. The number of rotatable bonds is 3. The monoisotopic (exact) mass is 272 g/mol. The molecular weight excluding hydrogens is 255 g/mol. The number of halogens is 1. The number of nitrogen functional groups attached to an aromatic ring is 1. The van der Waals surface area contributed by atoms with Crippen LogP contribution in [0.15, 0.2) is 23.1 Å². The van der Waals surface area contributed by atoms with Crippen molar-refractivity contribution in [3.05, 3.63) is 24.0 Å². The highest BCUT2D eigenvalue weighted by Gasteiger charge is 2.31. The molecule has 1 aliphatic rings. The average Bonchev–Trinajstić information content (AvgIpc) is 2.85. The van der Waals surface area contributed by atoms with Gasteiger partial charge in [0.1, 0.15) is 10.7 Å². The van der Waals surface area contributed by atoms with Crippen molar-refractivity contribution in [2.75, 3.05) is 12.8 Å². The van der Waals surface area contributed by atoms with Crippen LogP contribution in [0.25, 0.3) is 0 Å². The summed E-state index contributed by atoms with van der Waals surface area (Å²) in [6.07, 6.45) is 3.77. The minimum Gasteiger partial charge on any atom is -0.395 e. The molecule has 1 aliphatic carbocycles. The van der Waals surface area contributed by atoms with Crippen molar-refractivity contribution in [3.63, 3.8) is 0 Å². The third-order valence-corrected chi connectivity index (χ3v) is 5.48. The lowest BCUT2D eigenvalue weighted by molar-refractivity contribution is 0.373.